The second-order valence-electron chi connectivity index (χ2n) is 6.11. The van der Waals surface area contributed by atoms with Gasteiger partial charge in [-0.25, -0.2) is 0 Å². The molecule has 0 amide bonds. The number of nitrogens with two attached hydrogens (primary N) is 1. The van der Waals surface area contributed by atoms with Gasteiger partial charge in [-0.3, -0.25) is 4.99 Å². The number of halogens is 1. The van der Waals surface area contributed by atoms with Crippen molar-refractivity contribution in [3.8, 4) is 0 Å². The molecular formula is C20H29IN4. The fourth-order valence-electron chi connectivity index (χ4n) is 2.50. The van der Waals surface area contributed by atoms with E-state index in [1.54, 1.807) is 0 Å². The summed E-state index contributed by atoms with van der Waals surface area (Å²) in [6, 6.07) is 16.9. The maximum absolute atomic E-state index is 5.96. The number of anilines is 2. The Morgan fingerprint density at radius 1 is 1.08 bits per heavy atom. The third-order valence-corrected chi connectivity index (χ3v) is 3.97. The highest BCUT2D eigenvalue weighted by molar-refractivity contribution is 14.0. The summed E-state index contributed by atoms with van der Waals surface area (Å²) >= 11 is 0. The summed E-state index contributed by atoms with van der Waals surface area (Å²) in [6.45, 7) is 2.86. The molecule has 0 saturated heterocycles. The summed E-state index contributed by atoms with van der Waals surface area (Å²) in [6.07, 6.45) is 3.01. The molecule has 0 bridgehead atoms. The predicted octanol–water partition coefficient (Wildman–Crippen LogP) is 4.29. The quantitative estimate of drug-likeness (QED) is 0.285. The zero-order valence-electron chi connectivity index (χ0n) is 15.3. The fourth-order valence-corrected chi connectivity index (χ4v) is 2.50. The van der Waals surface area contributed by atoms with E-state index in [-0.39, 0.29) is 24.0 Å². The van der Waals surface area contributed by atoms with E-state index in [2.05, 4.69) is 72.6 Å². The molecule has 0 aromatic heterocycles. The first kappa shape index (κ1) is 21.3. The number of hydrogen-bond acceptors (Lipinski definition) is 2. The van der Waals surface area contributed by atoms with Crippen molar-refractivity contribution in [2.75, 3.05) is 30.9 Å². The van der Waals surface area contributed by atoms with Crippen LogP contribution in [-0.2, 0) is 12.8 Å². The van der Waals surface area contributed by atoms with Crippen LogP contribution in [0.15, 0.2) is 53.5 Å². The van der Waals surface area contributed by atoms with Crippen LogP contribution in [0.1, 0.15) is 24.5 Å². The smallest absolute Gasteiger partial charge is 0.193 e. The minimum atomic E-state index is 0. The summed E-state index contributed by atoms with van der Waals surface area (Å²) in [7, 11) is 4.10. The van der Waals surface area contributed by atoms with Gasteiger partial charge in [0.05, 0.1) is 0 Å². The molecule has 25 heavy (non-hydrogen) atoms. The van der Waals surface area contributed by atoms with Crippen molar-refractivity contribution in [2.24, 2.45) is 10.7 Å². The molecule has 0 aliphatic rings. The summed E-state index contributed by atoms with van der Waals surface area (Å²) in [4.78, 5) is 6.52. The van der Waals surface area contributed by atoms with Gasteiger partial charge in [0, 0.05) is 32.0 Å². The van der Waals surface area contributed by atoms with Gasteiger partial charge in [-0.05, 0) is 54.7 Å². The number of rotatable bonds is 7. The van der Waals surface area contributed by atoms with Crippen LogP contribution in [0.3, 0.4) is 0 Å². The molecule has 0 spiro atoms. The van der Waals surface area contributed by atoms with Crippen molar-refractivity contribution in [1.82, 2.24) is 0 Å². The molecule has 2 aromatic rings. The van der Waals surface area contributed by atoms with Crippen LogP contribution in [0, 0.1) is 0 Å². The van der Waals surface area contributed by atoms with Crippen LogP contribution < -0.4 is 16.0 Å². The maximum atomic E-state index is 5.96. The van der Waals surface area contributed by atoms with E-state index in [9.17, 15) is 0 Å². The van der Waals surface area contributed by atoms with Crippen molar-refractivity contribution in [3.63, 3.8) is 0 Å². The Morgan fingerprint density at radius 3 is 2.44 bits per heavy atom. The SMILES string of the molecule is CCc1cccc(NC(N)=NCCCc2ccc(N(C)C)cc2)c1.I. The minimum Gasteiger partial charge on any atom is -0.378 e. The molecule has 0 fully saturated rings. The van der Waals surface area contributed by atoms with E-state index in [0.29, 0.717) is 5.96 Å². The standard InChI is InChI=1S/C20H28N4.HI/c1-4-16-7-5-9-18(15-16)23-20(21)22-14-6-8-17-10-12-19(13-11-17)24(2)3;/h5,7,9-13,15H,4,6,8,14H2,1-3H3,(H3,21,22,23);1H. The molecule has 2 rings (SSSR count). The molecule has 0 radical (unpaired) electrons. The van der Waals surface area contributed by atoms with Gasteiger partial charge >= 0.3 is 0 Å². The lowest BCUT2D eigenvalue weighted by Crippen LogP contribution is -2.23. The molecule has 0 unspecified atom stereocenters. The van der Waals surface area contributed by atoms with Crippen LogP contribution >= 0.6 is 24.0 Å². The number of nitrogens with one attached hydrogen (secondary N) is 1. The van der Waals surface area contributed by atoms with Crippen LogP contribution in [0.4, 0.5) is 11.4 Å². The summed E-state index contributed by atoms with van der Waals surface area (Å²) < 4.78 is 0. The van der Waals surface area contributed by atoms with Crippen molar-refractivity contribution in [3.05, 3.63) is 59.7 Å². The summed E-state index contributed by atoms with van der Waals surface area (Å²) in [5.41, 5.74) is 10.8. The first-order valence-electron chi connectivity index (χ1n) is 8.50. The van der Waals surface area contributed by atoms with Gasteiger partial charge in [0.15, 0.2) is 5.96 Å². The summed E-state index contributed by atoms with van der Waals surface area (Å²) in [5, 5.41) is 3.16. The van der Waals surface area contributed by atoms with E-state index >= 15 is 0 Å². The largest absolute Gasteiger partial charge is 0.378 e. The molecule has 0 aliphatic heterocycles. The number of aliphatic imine (C=N–C) groups is 1. The Bertz CT molecular complexity index is 666. The van der Waals surface area contributed by atoms with Crippen LogP contribution in [-0.4, -0.2) is 26.6 Å². The van der Waals surface area contributed by atoms with Gasteiger partial charge in [0.1, 0.15) is 0 Å². The molecule has 136 valence electrons. The Morgan fingerprint density at radius 2 is 1.80 bits per heavy atom. The Labute approximate surface area is 168 Å². The molecule has 0 atom stereocenters. The van der Waals surface area contributed by atoms with Crippen molar-refractivity contribution in [2.45, 2.75) is 26.2 Å². The number of benzene rings is 2. The second kappa shape index (κ2) is 11.0. The molecule has 4 nitrogen and oxygen atoms in total. The van der Waals surface area contributed by atoms with Crippen molar-refractivity contribution < 1.29 is 0 Å². The second-order valence-corrected chi connectivity index (χ2v) is 6.11. The van der Waals surface area contributed by atoms with Crippen LogP contribution in [0.25, 0.3) is 0 Å². The molecule has 3 N–H and O–H groups in total. The number of guanidine groups is 1. The highest BCUT2D eigenvalue weighted by Gasteiger charge is 1.98. The van der Waals surface area contributed by atoms with Gasteiger partial charge in [0.25, 0.3) is 0 Å². The lowest BCUT2D eigenvalue weighted by Gasteiger charge is -2.12. The van der Waals surface area contributed by atoms with Gasteiger partial charge in [-0.15, -0.1) is 24.0 Å². The Kier molecular flexibility index (Phi) is 9.34. The van der Waals surface area contributed by atoms with Crippen LogP contribution in [0.5, 0.6) is 0 Å². The summed E-state index contributed by atoms with van der Waals surface area (Å²) in [5.74, 6) is 0.478. The van der Waals surface area contributed by atoms with Crippen molar-refractivity contribution >= 4 is 41.3 Å². The fraction of sp³-hybridized carbons (Fsp3) is 0.350. The van der Waals surface area contributed by atoms with Gasteiger partial charge < -0.3 is 16.0 Å². The number of aryl methyl sites for hydroxylation is 2. The predicted molar refractivity (Wildman–Crippen MR) is 120 cm³/mol. The number of hydrogen-bond donors (Lipinski definition) is 2. The lowest BCUT2D eigenvalue weighted by molar-refractivity contribution is 0.832. The lowest BCUT2D eigenvalue weighted by atomic mass is 10.1. The van der Waals surface area contributed by atoms with Gasteiger partial charge in [-0.2, -0.15) is 0 Å². The molecular weight excluding hydrogens is 423 g/mol. The zero-order chi connectivity index (χ0) is 17.4. The van der Waals surface area contributed by atoms with Crippen LogP contribution in [0.2, 0.25) is 0 Å². The first-order chi connectivity index (χ1) is 11.6. The first-order valence-corrected chi connectivity index (χ1v) is 8.50. The highest BCUT2D eigenvalue weighted by Crippen LogP contribution is 2.13. The van der Waals surface area contributed by atoms with E-state index in [0.717, 1.165) is 31.5 Å². The molecule has 5 heteroatoms. The molecule has 0 heterocycles. The van der Waals surface area contributed by atoms with E-state index in [4.69, 9.17) is 5.73 Å². The van der Waals surface area contributed by atoms with Gasteiger partial charge in [0.2, 0.25) is 0 Å². The minimum absolute atomic E-state index is 0. The average Bonchev–Trinajstić information content (AvgIpc) is 2.59. The normalized spacial score (nSPS) is 10.9. The highest BCUT2D eigenvalue weighted by atomic mass is 127. The van der Waals surface area contributed by atoms with E-state index < -0.39 is 0 Å². The zero-order valence-corrected chi connectivity index (χ0v) is 17.7. The van der Waals surface area contributed by atoms with E-state index in [1.165, 1.54) is 16.8 Å². The molecule has 0 saturated carbocycles. The third-order valence-electron chi connectivity index (χ3n) is 3.97. The average molecular weight is 452 g/mol. The van der Waals surface area contributed by atoms with E-state index in [1.807, 2.05) is 12.1 Å². The number of nitrogens with zero attached hydrogens (tertiary/aromatic N) is 2. The monoisotopic (exact) mass is 452 g/mol. The molecule has 2 aromatic carbocycles. The van der Waals surface area contributed by atoms with Gasteiger partial charge in [-0.1, -0.05) is 31.2 Å². The third kappa shape index (κ3) is 7.34. The Balaban J connectivity index is 0.00000312. The topological polar surface area (TPSA) is 53.6 Å². The van der Waals surface area contributed by atoms with Crippen molar-refractivity contribution in [1.29, 1.82) is 0 Å². The maximum Gasteiger partial charge on any atom is 0.193 e. The Hall–Kier alpha value is -1.76. The molecule has 0 aliphatic carbocycles.